The molecule has 1 heterocycles. The number of halogens is 1. The minimum absolute atomic E-state index is 0. The van der Waals surface area contributed by atoms with E-state index in [-0.39, 0.29) is 7.43 Å². The van der Waals surface area contributed by atoms with Crippen LogP contribution in [0.25, 0.3) is 21.3 Å². The summed E-state index contributed by atoms with van der Waals surface area (Å²) in [7, 11) is 0. The lowest BCUT2D eigenvalue weighted by atomic mass is 10.0. The Morgan fingerprint density at radius 2 is 1.73 bits per heavy atom. The van der Waals surface area contributed by atoms with Gasteiger partial charge in [-0.25, -0.2) is 14.2 Å². The van der Waals surface area contributed by atoms with Gasteiger partial charge >= 0.3 is 5.97 Å². The molecule has 3 N–H and O–H groups in total. The van der Waals surface area contributed by atoms with Crippen molar-refractivity contribution in [2.24, 2.45) is 0 Å². The highest BCUT2D eigenvalue weighted by molar-refractivity contribution is 7.22. The molecule has 8 heteroatoms. The minimum atomic E-state index is -1.06. The molecule has 0 aliphatic rings. The number of amides is 1. The van der Waals surface area contributed by atoms with E-state index in [9.17, 15) is 19.1 Å². The van der Waals surface area contributed by atoms with Crippen molar-refractivity contribution < 1.29 is 19.1 Å². The zero-order valence-corrected chi connectivity index (χ0v) is 21.2. The predicted octanol–water partition coefficient (Wildman–Crippen LogP) is 7.59. The molecule has 3 aromatic carbocycles. The maximum atomic E-state index is 14.9. The second-order valence-corrected chi connectivity index (χ2v) is 9.98. The summed E-state index contributed by atoms with van der Waals surface area (Å²) in [5.74, 6) is -1.51. The van der Waals surface area contributed by atoms with Crippen molar-refractivity contribution in [3.63, 3.8) is 0 Å². The molecule has 4 rings (SSSR count). The molecule has 194 valence electrons. The van der Waals surface area contributed by atoms with E-state index in [2.05, 4.69) is 41.6 Å². The standard InChI is InChI=1S/C28H28FN3O3S.CH4/c1-4-5-24(27(34)35)30-26(33)18-8-6-17(7-9-18)20-11-12-22(21(29)14-20)31-28-32-23-13-10-19(16(2)3)15-25(23)36-28;/h6-16,24H,4-5H2,1-3H3,(H,30,33)(H,31,32)(H,34,35);1H4/t24-;/m0./s1. The average molecular weight is 522 g/mol. The fraction of sp³-hybridized carbons (Fsp3) is 0.276. The van der Waals surface area contributed by atoms with Crippen LogP contribution >= 0.6 is 11.3 Å². The van der Waals surface area contributed by atoms with Gasteiger partial charge in [0, 0.05) is 5.56 Å². The number of hydrogen-bond acceptors (Lipinski definition) is 5. The maximum absolute atomic E-state index is 14.9. The average Bonchev–Trinajstić information content (AvgIpc) is 3.26. The molecule has 0 saturated carbocycles. The van der Waals surface area contributed by atoms with Crippen LogP contribution in [0.5, 0.6) is 0 Å². The van der Waals surface area contributed by atoms with E-state index in [1.54, 1.807) is 36.4 Å². The van der Waals surface area contributed by atoms with Gasteiger partial charge in [0.1, 0.15) is 11.9 Å². The predicted molar refractivity (Wildman–Crippen MR) is 149 cm³/mol. The van der Waals surface area contributed by atoms with Crippen LogP contribution in [0.2, 0.25) is 0 Å². The quantitative estimate of drug-likeness (QED) is 0.211. The van der Waals surface area contributed by atoms with Gasteiger partial charge in [-0.1, -0.05) is 70.2 Å². The summed E-state index contributed by atoms with van der Waals surface area (Å²) in [5.41, 5.74) is 4.17. The number of carboxylic acid groups (broad SMARTS) is 1. The van der Waals surface area contributed by atoms with Crippen LogP contribution in [0.1, 0.15) is 62.9 Å². The highest BCUT2D eigenvalue weighted by Gasteiger charge is 2.19. The van der Waals surface area contributed by atoms with Crippen molar-refractivity contribution in [1.29, 1.82) is 0 Å². The smallest absolute Gasteiger partial charge is 0.326 e. The van der Waals surface area contributed by atoms with E-state index in [1.807, 2.05) is 13.0 Å². The summed E-state index contributed by atoms with van der Waals surface area (Å²) in [6.45, 7) is 6.14. The molecule has 0 aliphatic carbocycles. The number of thiazole rings is 1. The van der Waals surface area contributed by atoms with Gasteiger partial charge in [0.15, 0.2) is 5.13 Å². The lowest BCUT2D eigenvalue weighted by molar-refractivity contribution is -0.139. The highest BCUT2D eigenvalue weighted by atomic mass is 32.1. The number of fused-ring (bicyclic) bond motifs is 1. The molecule has 0 saturated heterocycles. The third kappa shape index (κ3) is 6.51. The Kier molecular flexibility index (Phi) is 8.99. The fourth-order valence-electron chi connectivity index (χ4n) is 3.87. The van der Waals surface area contributed by atoms with Crippen molar-refractivity contribution >= 4 is 44.2 Å². The number of aromatic nitrogens is 1. The van der Waals surface area contributed by atoms with E-state index in [1.165, 1.54) is 23.0 Å². The summed E-state index contributed by atoms with van der Waals surface area (Å²) in [6, 6.07) is 16.8. The SMILES string of the molecule is C.CCC[C@H](NC(=O)c1ccc(-c2ccc(Nc3nc4ccc(C(C)C)cc4s3)c(F)c2)cc1)C(=O)O. The number of carbonyl (C=O) groups excluding carboxylic acids is 1. The van der Waals surface area contributed by atoms with Crippen LogP contribution in [0.15, 0.2) is 60.7 Å². The first-order valence-corrected chi connectivity index (χ1v) is 12.7. The number of hydrogen-bond donors (Lipinski definition) is 3. The lowest BCUT2D eigenvalue weighted by Gasteiger charge is -2.13. The maximum Gasteiger partial charge on any atom is 0.326 e. The van der Waals surface area contributed by atoms with Crippen molar-refractivity contribution in [3.8, 4) is 11.1 Å². The molecule has 37 heavy (non-hydrogen) atoms. The van der Waals surface area contributed by atoms with Crippen molar-refractivity contribution in [2.75, 3.05) is 5.32 Å². The van der Waals surface area contributed by atoms with Crippen LogP contribution < -0.4 is 10.6 Å². The van der Waals surface area contributed by atoms with Gasteiger partial charge in [-0.3, -0.25) is 4.79 Å². The number of benzene rings is 3. The van der Waals surface area contributed by atoms with Crippen molar-refractivity contribution in [1.82, 2.24) is 10.3 Å². The summed E-state index contributed by atoms with van der Waals surface area (Å²) >= 11 is 1.48. The summed E-state index contributed by atoms with van der Waals surface area (Å²) in [5, 5.41) is 15.5. The van der Waals surface area contributed by atoms with Gasteiger partial charge in [-0.2, -0.15) is 0 Å². The molecule has 0 radical (unpaired) electrons. The molecule has 0 unspecified atom stereocenters. The molecule has 4 aromatic rings. The minimum Gasteiger partial charge on any atom is -0.480 e. The fourth-order valence-corrected chi connectivity index (χ4v) is 4.79. The normalized spacial score (nSPS) is 11.7. The van der Waals surface area contributed by atoms with Crippen LogP contribution in [0.4, 0.5) is 15.2 Å². The number of nitrogens with zero attached hydrogens (tertiary/aromatic N) is 1. The molecule has 0 bridgehead atoms. The molecule has 1 atom stereocenters. The Bertz CT molecular complexity index is 1400. The third-order valence-electron chi connectivity index (χ3n) is 5.95. The molecular weight excluding hydrogens is 489 g/mol. The summed E-state index contributed by atoms with van der Waals surface area (Å²) < 4.78 is 16.0. The third-order valence-corrected chi connectivity index (χ3v) is 6.88. The first kappa shape index (κ1) is 27.8. The number of carbonyl (C=O) groups is 2. The van der Waals surface area contributed by atoms with Gasteiger partial charge < -0.3 is 15.7 Å². The zero-order chi connectivity index (χ0) is 25.8. The molecule has 0 fully saturated rings. The lowest BCUT2D eigenvalue weighted by Crippen LogP contribution is -2.40. The zero-order valence-electron chi connectivity index (χ0n) is 20.3. The molecule has 1 aromatic heterocycles. The van der Waals surface area contributed by atoms with Gasteiger partial charge in [-0.15, -0.1) is 0 Å². The summed E-state index contributed by atoms with van der Waals surface area (Å²) in [6.07, 6.45) is 0.999. The largest absolute Gasteiger partial charge is 0.480 e. The van der Waals surface area contributed by atoms with E-state index in [4.69, 9.17) is 0 Å². The number of rotatable bonds is 9. The Labute approximate surface area is 220 Å². The molecule has 6 nitrogen and oxygen atoms in total. The van der Waals surface area contributed by atoms with Crippen molar-refractivity contribution in [3.05, 3.63) is 77.6 Å². The van der Waals surface area contributed by atoms with Crippen LogP contribution in [-0.2, 0) is 4.79 Å². The monoisotopic (exact) mass is 521 g/mol. The highest BCUT2D eigenvalue weighted by Crippen LogP contribution is 2.32. The Morgan fingerprint density at radius 1 is 1.03 bits per heavy atom. The molecule has 0 aliphatic heterocycles. The number of anilines is 2. The first-order chi connectivity index (χ1) is 17.2. The van der Waals surface area contributed by atoms with Crippen LogP contribution in [0.3, 0.4) is 0 Å². The van der Waals surface area contributed by atoms with Gasteiger partial charge in [0.2, 0.25) is 0 Å². The van der Waals surface area contributed by atoms with E-state index >= 15 is 0 Å². The molecular formula is C29H32FN3O3S. The second-order valence-electron chi connectivity index (χ2n) is 8.95. The van der Waals surface area contributed by atoms with Crippen LogP contribution in [-0.4, -0.2) is 28.0 Å². The summed E-state index contributed by atoms with van der Waals surface area (Å²) in [4.78, 5) is 28.3. The molecule has 1 amide bonds. The van der Waals surface area contributed by atoms with E-state index in [0.29, 0.717) is 40.7 Å². The number of nitrogens with one attached hydrogen (secondary N) is 2. The topological polar surface area (TPSA) is 91.3 Å². The Balaban J connectivity index is 0.00000380. The van der Waals surface area contributed by atoms with Gasteiger partial charge in [0.25, 0.3) is 5.91 Å². The number of carboxylic acids is 1. The Hall–Kier alpha value is -3.78. The second kappa shape index (κ2) is 12.0. The number of aliphatic carboxylic acids is 1. The van der Waals surface area contributed by atoms with E-state index in [0.717, 1.165) is 15.8 Å². The molecule has 0 spiro atoms. The van der Waals surface area contributed by atoms with Gasteiger partial charge in [0.05, 0.1) is 15.9 Å². The first-order valence-electron chi connectivity index (χ1n) is 11.9. The van der Waals surface area contributed by atoms with Crippen molar-refractivity contribution in [2.45, 2.75) is 53.0 Å². The van der Waals surface area contributed by atoms with E-state index < -0.39 is 23.7 Å². The Morgan fingerprint density at radius 3 is 2.35 bits per heavy atom. The van der Waals surface area contributed by atoms with Crippen LogP contribution in [0, 0.1) is 5.82 Å². The van der Waals surface area contributed by atoms with Gasteiger partial charge in [-0.05, 0) is 65.4 Å².